The normalized spacial score (nSPS) is 11.9. The zero-order chi connectivity index (χ0) is 9.73. The zero-order valence-electron chi connectivity index (χ0n) is 8.55. The van der Waals surface area contributed by atoms with Crippen molar-refractivity contribution in [2.75, 3.05) is 20.4 Å². The van der Waals surface area contributed by atoms with Gasteiger partial charge in [0.2, 0.25) is 0 Å². The summed E-state index contributed by atoms with van der Waals surface area (Å²) < 4.78 is 4.93. The third-order valence-electron chi connectivity index (χ3n) is 2.14. The summed E-state index contributed by atoms with van der Waals surface area (Å²) in [6, 6.07) is 4.13. The van der Waals surface area contributed by atoms with Crippen molar-refractivity contribution < 1.29 is 4.74 Å². The number of methoxy groups -OCH3 is 1. The molecule has 3 nitrogen and oxygen atoms in total. The molecule has 0 aromatic carbocycles. The third kappa shape index (κ3) is 2.86. The smallest absolute Gasteiger partial charge is 0.0961 e. The van der Waals surface area contributed by atoms with Crippen molar-refractivity contribution >= 4 is 0 Å². The molecule has 0 radical (unpaired) electrons. The molecule has 1 aromatic rings. The topological polar surface area (TPSA) is 37.0 Å². The van der Waals surface area contributed by atoms with E-state index in [1.54, 1.807) is 7.11 Å². The summed E-state index contributed by atoms with van der Waals surface area (Å²) in [5.41, 5.74) is 1.37. The molecular weight excluding hydrogens is 164 g/mol. The highest BCUT2D eigenvalue weighted by atomic mass is 16.5. The molecule has 1 heterocycles. The van der Waals surface area contributed by atoms with Crippen molar-refractivity contribution in [2.45, 2.75) is 19.3 Å². The van der Waals surface area contributed by atoms with E-state index in [0.717, 1.165) is 6.54 Å². The molecule has 0 fully saturated rings. The lowest BCUT2D eigenvalue weighted by atomic mass is 9.89. The molecule has 74 valence electrons. The van der Waals surface area contributed by atoms with Crippen LogP contribution in [-0.4, -0.2) is 25.4 Å². The molecule has 0 aliphatic rings. The van der Waals surface area contributed by atoms with Crippen molar-refractivity contribution in [1.29, 1.82) is 0 Å². The average molecular weight is 182 g/mol. The van der Waals surface area contributed by atoms with Gasteiger partial charge in [-0.2, -0.15) is 0 Å². The van der Waals surface area contributed by atoms with Crippen molar-refractivity contribution in [3.8, 4) is 0 Å². The maximum absolute atomic E-state index is 4.93. The van der Waals surface area contributed by atoms with Gasteiger partial charge in [0.25, 0.3) is 0 Å². The van der Waals surface area contributed by atoms with Crippen LogP contribution in [0.5, 0.6) is 0 Å². The largest absolute Gasteiger partial charge is 0.370 e. The molecule has 0 unspecified atom stereocenters. The molecule has 0 aliphatic carbocycles. The van der Waals surface area contributed by atoms with E-state index in [1.807, 2.05) is 12.3 Å². The van der Waals surface area contributed by atoms with Crippen LogP contribution in [0.3, 0.4) is 0 Å². The predicted octanol–water partition coefficient (Wildman–Crippen LogP) is 1.49. The van der Waals surface area contributed by atoms with E-state index >= 15 is 0 Å². The Morgan fingerprint density at radius 1 is 1.54 bits per heavy atom. The molecule has 0 aliphatic heterocycles. The molecule has 0 spiro atoms. The van der Waals surface area contributed by atoms with Crippen molar-refractivity contribution in [2.24, 2.45) is 0 Å². The van der Waals surface area contributed by atoms with Gasteiger partial charge in [-0.15, -0.1) is 0 Å². The Balaban J connectivity index is 2.46. The molecule has 3 heteroatoms. The standard InChI is InChI=1S/C10H18N2O/c1-10(2,7-11-8-13-3)9-5-4-6-12-9/h4-6,11-12H,7-8H2,1-3H3. The van der Waals surface area contributed by atoms with Crippen molar-refractivity contribution in [3.05, 3.63) is 24.0 Å². The second-order valence-corrected chi connectivity index (χ2v) is 3.83. The van der Waals surface area contributed by atoms with Crippen LogP contribution in [0.4, 0.5) is 0 Å². The molecule has 0 atom stereocenters. The lowest BCUT2D eigenvalue weighted by Gasteiger charge is -2.23. The van der Waals surface area contributed by atoms with Gasteiger partial charge in [0.1, 0.15) is 0 Å². The number of aromatic amines is 1. The van der Waals surface area contributed by atoms with Gasteiger partial charge in [-0.25, -0.2) is 0 Å². The van der Waals surface area contributed by atoms with Crippen LogP contribution >= 0.6 is 0 Å². The lowest BCUT2D eigenvalue weighted by molar-refractivity contribution is 0.169. The first-order chi connectivity index (χ1) is 6.17. The molecule has 0 saturated heterocycles. The van der Waals surface area contributed by atoms with E-state index in [-0.39, 0.29) is 5.41 Å². The van der Waals surface area contributed by atoms with Crippen LogP contribution in [-0.2, 0) is 10.2 Å². The minimum Gasteiger partial charge on any atom is -0.370 e. The molecule has 1 aromatic heterocycles. The SMILES string of the molecule is COCNCC(C)(C)c1ccc[nH]1. The van der Waals surface area contributed by atoms with Crippen LogP contribution in [0.25, 0.3) is 0 Å². The first kappa shape index (κ1) is 10.3. The lowest BCUT2D eigenvalue weighted by Crippen LogP contribution is -2.34. The van der Waals surface area contributed by atoms with Gasteiger partial charge in [0.15, 0.2) is 0 Å². The van der Waals surface area contributed by atoms with E-state index in [9.17, 15) is 0 Å². The van der Waals surface area contributed by atoms with Gasteiger partial charge in [-0.1, -0.05) is 13.8 Å². The molecule has 13 heavy (non-hydrogen) atoms. The predicted molar refractivity (Wildman–Crippen MR) is 53.7 cm³/mol. The average Bonchev–Trinajstić information content (AvgIpc) is 2.56. The van der Waals surface area contributed by atoms with Crippen LogP contribution in [0.15, 0.2) is 18.3 Å². The van der Waals surface area contributed by atoms with Gasteiger partial charge in [0.05, 0.1) is 6.73 Å². The van der Waals surface area contributed by atoms with E-state index < -0.39 is 0 Å². The molecule has 0 bridgehead atoms. The summed E-state index contributed by atoms with van der Waals surface area (Å²) >= 11 is 0. The fourth-order valence-electron chi connectivity index (χ4n) is 1.31. The Morgan fingerprint density at radius 2 is 2.31 bits per heavy atom. The van der Waals surface area contributed by atoms with Crippen LogP contribution in [0.1, 0.15) is 19.5 Å². The maximum Gasteiger partial charge on any atom is 0.0961 e. The maximum atomic E-state index is 4.93. The van der Waals surface area contributed by atoms with Crippen LogP contribution in [0.2, 0.25) is 0 Å². The number of aromatic nitrogens is 1. The minimum atomic E-state index is 0.127. The van der Waals surface area contributed by atoms with E-state index in [2.05, 4.69) is 30.2 Å². The number of nitrogens with one attached hydrogen (secondary N) is 2. The number of hydrogen-bond acceptors (Lipinski definition) is 2. The second-order valence-electron chi connectivity index (χ2n) is 3.83. The van der Waals surface area contributed by atoms with Gasteiger partial charge in [-0.05, 0) is 12.1 Å². The highest BCUT2D eigenvalue weighted by Crippen LogP contribution is 2.19. The van der Waals surface area contributed by atoms with E-state index in [1.165, 1.54) is 5.69 Å². The van der Waals surface area contributed by atoms with Crippen LogP contribution < -0.4 is 5.32 Å². The highest BCUT2D eigenvalue weighted by Gasteiger charge is 2.20. The third-order valence-corrected chi connectivity index (χ3v) is 2.14. The summed E-state index contributed by atoms with van der Waals surface area (Å²) in [6.07, 6.45) is 1.95. The molecular formula is C10H18N2O. The Labute approximate surface area is 79.5 Å². The van der Waals surface area contributed by atoms with Gasteiger partial charge in [-0.3, -0.25) is 5.32 Å². The fourth-order valence-corrected chi connectivity index (χ4v) is 1.31. The van der Waals surface area contributed by atoms with Gasteiger partial charge < -0.3 is 9.72 Å². The number of ether oxygens (including phenoxy) is 1. The first-order valence-corrected chi connectivity index (χ1v) is 4.50. The quantitative estimate of drug-likeness (QED) is 0.534. The Morgan fingerprint density at radius 3 is 2.85 bits per heavy atom. The summed E-state index contributed by atoms with van der Waals surface area (Å²) in [5.74, 6) is 0. The van der Waals surface area contributed by atoms with Crippen molar-refractivity contribution in [1.82, 2.24) is 10.3 Å². The second kappa shape index (κ2) is 4.44. The molecule has 0 saturated carbocycles. The van der Waals surface area contributed by atoms with Crippen molar-refractivity contribution in [3.63, 3.8) is 0 Å². The van der Waals surface area contributed by atoms with Gasteiger partial charge in [0, 0.05) is 31.0 Å². The van der Waals surface area contributed by atoms with Crippen LogP contribution in [0, 0.1) is 0 Å². The molecule has 2 N–H and O–H groups in total. The number of rotatable bonds is 5. The summed E-state index contributed by atoms with van der Waals surface area (Å²) in [7, 11) is 1.69. The molecule has 0 amide bonds. The fraction of sp³-hybridized carbons (Fsp3) is 0.600. The van der Waals surface area contributed by atoms with Gasteiger partial charge >= 0.3 is 0 Å². The Hall–Kier alpha value is -0.800. The zero-order valence-corrected chi connectivity index (χ0v) is 8.55. The minimum absolute atomic E-state index is 0.127. The summed E-state index contributed by atoms with van der Waals surface area (Å²) in [4.78, 5) is 3.22. The summed E-state index contributed by atoms with van der Waals surface area (Å²) in [5, 5.41) is 3.22. The molecule has 1 rings (SSSR count). The first-order valence-electron chi connectivity index (χ1n) is 4.50. The number of hydrogen-bond donors (Lipinski definition) is 2. The van der Waals surface area contributed by atoms with E-state index in [4.69, 9.17) is 4.74 Å². The highest BCUT2D eigenvalue weighted by molar-refractivity contribution is 5.15. The Bertz CT molecular complexity index is 229. The van der Waals surface area contributed by atoms with E-state index in [0.29, 0.717) is 6.73 Å². The summed E-state index contributed by atoms with van der Waals surface area (Å²) in [6.45, 7) is 5.90. The number of H-pyrrole nitrogens is 1. The monoisotopic (exact) mass is 182 g/mol. The Kier molecular flexibility index (Phi) is 3.51.